The summed E-state index contributed by atoms with van der Waals surface area (Å²) in [4.78, 5) is 11.4. The summed E-state index contributed by atoms with van der Waals surface area (Å²) >= 11 is 0. The summed E-state index contributed by atoms with van der Waals surface area (Å²) in [7, 11) is 2.83. The van der Waals surface area contributed by atoms with Crippen LogP contribution in [0.15, 0.2) is 24.3 Å². The van der Waals surface area contributed by atoms with Crippen molar-refractivity contribution in [3.63, 3.8) is 0 Å². The highest BCUT2D eigenvalue weighted by molar-refractivity contribution is 5.92. The number of benzene rings is 1. The van der Waals surface area contributed by atoms with E-state index in [9.17, 15) is 4.79 Å². The Bertz CT molecular complexity index is 410. The van der Waals surface area contributed by atoms with Crippen molar-refractivity contribution < 1.29 is 19.4 Å². The second-order valence-corrected chi connectivity index (χ2v) is 3.37. The molecule has 0 spiro atoms. The number of aliphatic hydroxyl groups excluding tert-OH is 1. The van der Waals surface area contributed by atoms with Gasteiger partial charge >= 0.3 is 5.97 Å². The Morgan fingerprint density at radius 1 is 1.41 bits per heavy atom. The van der Waals surface area contributed by atoms with Crippen LogP contribution in [0.25, 0.3) is 6.08 Å². The van der Waals surface area contributed by atoms with Gasteiger partial charge in [0.2, 0.25) is 0 Å². The lowest BCUT2D eigenvalue weighted by molar-refractivity contribution is 0.0597. The fourth-order valence-electron chi connectivity index (χ4n) is 1.38. The maximum absolute atomic E-state index is 11.4. The summed E-state index contributed by atoms with van der Waals surface area (Å²) in [5.41, 5.74) is 1.30. The molecule has 4 nitrogen and oxygen atoms in total. The molecule has 1 aromatic rings. The maximum atomic E-state index is 11.4. The zero-order valence-electron chi connectivity index (χ0n) is 9.97. The third-order valence-electron chi connectivity index (χ3n) is 2.24. The van der Waals surface area contributed by atoms with Gasteiger partial charge in [0.1, 0.15) is 11.3 Å². The first-order valence-corrected chi connectivity index (χ1v) is 5.26. The molecule has 1 N–H and O–H groups in total. The Kier molecular flexibility index (Phi) is 5.23. The van der Waals surface area contributed by atoms with Crippen molar-refractivity contribution in [1.82, 2.24) is 0 Å². The number of methoxy groups -OCH3 is 2. The second kappa shape index (κ2) is 6.70. The molecule has 0 aliphatic rings. The molecule has 0 heterocycles. The Balaban J connectivity index is 2.96. The molecule has 0 bridgehead atoms. The van der Waals surface area contributed by atoms with Crippen molar-refractivity contribution in [2.45, 2.75) is 6.42 Å². The van der Waals surface area contributed by atoms with E-state index in [4.69, 9.17) is 9.84 Å². The fourth-order valence-corrected chi connectivity index (χ4v) is 1.38. The van der Waals surface area contributed by atoms with E-state index < -0.39 is 5.97 Å². The molecular formula is C13H16O4. The Morgan fingerprint density at radius 2 is 2.18 bits per heavy atom. The maximum Gasteiger partial charge on any atom is 0.341 e. The van der Waals surface area contributed by atoms with Crippen molar-refractivity contribution in [2.75, 3.05) is 20.8 Å². The van der Waals surface area contributed by atoms with Crippen LogP contribution in [-0.4, -0.2) is 31.9 Å². The van der Waals surface area contributed by atoms with Gasteiger partial charge in [-0.2, -0.15) is 0 Å². The van der Waals surface area contributed by atoms with Crippen LogP contribution in [-0.2, 0) is 4.74 Å². The summed E-state index contributed by atoms with van der Waals surface area (Å²) in [6.45, 7) is 0.119. The van der Waals surface area contributed by atoms with Gasteiger partial charge in [0.25, 0.3) is 0 Å². The number of rotatable bonds is 5. The van der Waals surface area contributed by atoms with Gasteiger partial charge in [-0.1, -0.05) is 18.2 Å². The summed E-state index contributed by atoms with van der Waals surface area (Å²) in [6, 6.07) is 5.20. The van der Waals surface area contributed by atoms with Crippen molar-refractivity contribution in [1.29, 1.82) is 0 Å². The third kappa shape index (κ3) is 3.60. The van der Waals surface area contributed by atoms with Crippen molar-refractivity contribution in [3.05, 3.63) is 35.4 Å². The monoisotopic (exact) mass is 236 g/mol. The van der Waals surface area contributed by atoms with Crippen LogP contribution in [0.5, 0.6) is 5.75 Å². The van der Waals surface area contributed by atoms with E-state index in [2.05, 4.69) is 4.74 Å². The molecule has 1 aromatic carbocycles. The number of hydrogen-bond acceptors (Lipinski definition) is 4. The van der Waals surface area contributed by atoms with Crippen LogP contribution < -0.4 is 4.74 Å². The van der Waals surface area contributed by atoms with Crippen LogP contribution in [0, 0.1) is 0 Å². The van der Waals surface area contributed by atoms with E-state index in [0.29, 0.717) is 17.7 Å². The Morgan fingerprint density at radius 3 is 2.76 bits per heavy atom. The summed E-state index contributed by atoms with van der Waals surface area (Å²) in [5.74, 6) is 0.0516. The quantitative estimate of drug-likeness (QED) is 0.793. The molecule has 0 saturated carbocycles. The summed E-state index contributed by atoms with van der Waals surface area (Å²) < 4.78 is 9.78. The topological polar surface area (TPSA) is 55.8 Å². The smallest absolute Gasteiger partial charge is 0.341 e. The van der Waals surface area contributed by atoms with E-state index in [1.807, 2.05) is 12.2 Å². The Hall–Kier alpha value is -1.81. The number of ether oxygens (including phenoxy) is 2. The predicted octanol–water partition coefficient (Wildman–Crippen LogP) is 1.88. The molecule has 0 unspecified atom stereocenters. The van der Waals surface area contributed by atoms with Gasteiger partial charge in [-0.15, -0.1) is 0 Å². The van der Waals surface area contributed by atoms with E-state index >= 15 is 0 Å². The van der Waals surface area contributed by atoms with Crippen LogP contribution in [0.4, 0.5) is 0 Å². The van der Waals surface area contributed by atoms with E-state index in [1.165, 1.54) is 14.2 Å². The number of aliphatic hydroxyl groups is 1. The van der Waals surface area contributed by atoms with Gasteiger partial charge in [-0.3, -0.25) is 0 Å². The fraction of sp³-hybridized carbons (Fsp3) is 0.308. The minimum Gasteiger partial charge on any atom is -0.496 e. The molecule has 0 aliphatic heterocycles. The van der Waals surface area contributed by atoms with Crippen molar-refractivity contribution in [3.8, 4) is 5.75 Å². The van der Waals surface area contributed by atoms with Gasteiger partial charge in [-0.05, 0) is 24.1 Å². The molecule has 0 aliphatic carbocycles. The van der Waals surface area contributed by atoms with Crippen molar-refractivity contribution >= 4 is 12.0 Å². The molecule has 4 heteroatoms. The highest BCUT2D eigenvalue weighted by atomic mass is 16.5. The molecule has 0 radical (unpaired) electrons. The van der Waals surface area contributed by atoms with Crippen molar-refractivity contribution in [2.24, 2.45) is 0 Å². The first kappa shape index (κ1) is 13.3. The largest absolute Gasteiger partial charge is 0.496 e. The average molecular weight is 236 g/mol. The summed E-state index contributed by atoms with van der Waals surface area (Å²) in [5, 5.41) is 8.66. The molecular weight excluding hydrogens is 220 g/mol. The molecule has 0 atom stereocenters. The zero-order valence-corrected chi connectivity index (χ0v) is 9.97. The molecule has 0 fully saturated rings. The molecule has 0 amide bonds. The molecule has 1 rings (SSSR count). The first-order valence-electron chi connectivity index (χ1n) is 5.26. The number of carbonyl (C=O) groups excluding carboxylic acids is 1. The van der Waals surface area contributed by atoms with E-state index in [0.717, 1.165) is 5.56 Å². The first-order chi connectivity index (χ1) is 8.22. The minimum absolute atomic E-state index is 0.119. The molecule has 0 saturated heterocycles. The lowest BCUT2D eigenvalue weighted by Crippen LogP contribution is -2.04. The molecule has 92 valence electrons. The SMILES string of the molecule is COC(=O)c1ccc(C=CCCO)cc1OC. The molecule has 17 heavy (non-hydrogen) atoms. The van der Waals surface area contributed by atoms with Gasteiger partial charge < -0.3 is 14.6 Å². The van der Waals surface area contributed by atoms with Crippen LogP contribution in [0.1, 0.15) is 22.3 Å². The molecule has 0 aromatic heterocycles. The Labute approximate surface area is 100 Å². The van der Waals surface area contributed by atoms with Gasteiger partial charge in [0.15, 0.2) is 0 Å². The summed E-state index contributed by atoms with van der Waals surface area (Å²) in [6.07, 6.45) is 4.31. The number of carbonyl (C=O) groups is 1. The lowest BCUT2D eigenvalue weighted by Gasteiger charge is -2.07. The van der Waals surface area contributed by atoms with Gasteiger partial charge in [0, 0.05) is 6.61 Å². The number of esters is 1. The van der Waals surface area contributed by atoms with E-state index in [-0.39, 0.29) is 6.61 Å². The van der Waals surface area contributed by atoms with Gasteiger partial charge in [0.05, 0.1) is 14.2 Å². The third-order valence-corrected chi connectivity index (χ3v) is 2.24. The second-order valence-electron chi connectivity index (χ2n) is 3.37. The zero-order chi connectivity index (χ0) is 12.7. The van der Waals surface area contributed by atoms with Crippen LogP contribution >= 0.6 is 0 Å². The van der Waals surface area contributed by atoms with Crippen LogP contribution in [0.3, 0.4) is 0 Å². The highest BCUT2D eigenvalue weighted by Gasteiger charge is 2.12. The van der Waals surface area contributed by atoms with Crippen LogP contribution in [0.2, 0.25) is 0 Å². The average Bonchev–Trinajstić information content (AvgIpc) is 2.38. The standard InChI is InChI=1S/C13H16O4/c1-16-12-9-10(5-3-4-8-14)6-7-11(12)13(15)17-2/h3,5-7,9,14H,4,8H2,1-2H3. The highest BCUT2D eigenvalue weighted by Crippen LogP contribution is 2.21. The lowest BCUT2D eigenvalue weighted by atomic mass is 10.1. The van der Waals surface area contributed by atoms with E-state index in [1.54, 1.807) is 18.2 Å². The predicted molar refractivity (Wildman–Crippen MR) is 65.1 cm³/mol. The normalized spacial score (nSPS) is 10.5. The van der Waals surface area contributed by atoms with Gasteiger partial charge in [-0.25, -0.2) is 4.79 Å². The number of hydrogen-bond donors (Lipinski definition) is 1. The minimum atomic E-state index is -0.423.